The fourth-order valence-electron chi connectivity index (χ4n) is 3.47. The van der Waals surface area contributed by atoms with E-state index >= 15 is 0 Å². The van der Waals surface area contributed by atoms with Crippen LogP contribution in [0.5, 0.6) is 5.75 Å². The first-order valence-corrected chi connectivity index (χ1v) is 10.9. The number of unbranched alkanes of at least 4 members (excludes halogenated alkanes) is 1. The molecule has 0 bridgehead atoms. The fraction of sp³-hybridized carbons (Fsp3) is 0.308. The van der Waals surface area contributed by atoms with Crippen molar-refractivity contribution in [3.8, 4) is 5.75 Å². The summed E-state index contributed by atoms with van der Waals surface area (Å²) in [5.74, 6) is -0.492. The lowest BCUT2D eigenvalue weighted by atomic mass is 10.1. The molecule has 6 heteroatoms. The number of hydrogen-bond acceptors (Lipinski definition) is 3. The summed E-state index contributed by atoms with van der Waals surface area (Å²) in [6.07, 6.45) is 1.80. The van der Waals surface area contributed by atoms with Gasteiger partial charge in [0.25, 0.3) is 5.91 Å². The van der Waals surface area contributed by atoms with Crippen LogP contribution in [0.15, 0.2) is 66.7 Å². The Morgan fingerprint density at radius 3 is 2.53 bits per heavy atom. The van der Waals surface area contributed by atoms with Crippen LogP contribution in [0.4, 0.5) is 4.39 Å². The van der Waals surface area contributed by atoms with Crippen molar-refractivity contribution in [1.29, 1.82) is 0 Å². The first-order valence-electron chi connectivity index (χ1n) is 10.9. The molecule has 3 aromatic rings. The summed E-state index contributed by atoms with van der Waals surface area (Å²) in [7, 11) is 0. The Hall–Kier alpha value is -3.41. The number of fused-ring (bicyclic) bond motifs is 1. The minimum Gasteiger partial charge on any atom is -0.483 e. The second kappa shape index (κ2) is 11.3. The van der Waals surface area contributed by atoms with Gasteiger partial charge in [0.05, 0.1) is 0 Å². The van der Waals surface area contributed by atoms with E-state index in [1.165, 1.54) is 11.0 Å². The Morgan fingerprint density at radius 1 is 1.03 bits per heavy atom. The summed E-state index contributed by atoms with van der Waals surface area (Å²) in [5.41, 5.74) is 0.346. The number of rotatable bonds is 10. The molecule has 5 nitrogen and oxygen atoms in total. The Morgan fingerprint density at radius 2 is 1.75 bits per heavy atom. The highest BCUT2D eigenvalue weighted by molar-refractivity contribution is 5.90. The van der Waals surface area contributed by atoms with Crippen molar-refractivity contribution >= 4 is 22.6 Å². The van der Waals surface area contributed by atoms with Crippen LogP contribution in [-0.2, 0) is 16.1 Å². The second-order valence-corrected chi connectivity index (χ2v) is 7.70. The molecule has 2 amide bonds. The first kappa shape index (κ1) is 23.3. The molecule has 32 heavy (non-hydrogen) atoms. The SMILES string of the molecule is CCCCNC(=O)[C@H](C)N(Cc1ccccc1F)C(=O)COc1cccc2ccccc12. The van der Waals surface area contributed by atoms with E-state index in [0.29, 0.717) is 17.9 Å². The predicted molar refractivity (Wildman–Crippen MR) is 124 cm³/mol. The number of benzene rings is 3. The maximum atomic E-state index is 14.3. The fourth-order valence-corrected chi connectivity index (χ4v) is 3.47. The monoisotopic (exact) mass is 436 g/mol. The highest BCUT2D eigenvalue weighted by Crippen LogP contribution is 2.25. The standard InChI is InChI=1S/C26H29FN2O3/c1-3-4-16-28-26(31)19(2)29(17-21-11-6-8-14-23(21)27)25(30)18-32-24-15-9-12-20-10-5-7-13-22(20)24/h5-15,19H,3-4,16-18H2,1-2H3,(H,28,31)/t19-/m0/s1. The molecular formula is C26H29FN2O3. The number of amides is 2. The Bertz CT molecular complexity index is 1060. The summed E-state index contributed by atoms with van der Waals surface area (Å²) >= 11 is 0. The molecule has 0 saturated heterocycles. The summed E-state index contributed by atoms with van der Waals surface area (Å²) in [4.78, 5) is 27.2. The van der Waals surface area contributed by atoms with E-state index in [1.807, 2.05) is 43.3 Å². The van der Waals surface area contributed by atoms with Crippen molar-refractivity contribution < 1.29 is 18.7 Å². The van der Waals surface area contributed by atoms with E-state index in [2.05, 4.69) is 5.32 Å². The molecule has 0 aliphatic carbocycles. The van der Waals surface area contributed by atoms with Crippen molar-refractivity contribution in [3.63, 3.8) is 0 Å². The smallest absolute Gasteiger partial charge is 0.261 e. The maximum absolute atomic E-state index is 14.3. The van der Waals surface area contributed by atoms with E-state index in [0.717, 1.165) is 23.6 Å². The van der Waals surface area contributed by atoms with Gasteiger partial charge < -0.3 is 15.0 Å². The molecule has 0 saturated carbocycles. The van der Waals surface area contributed by atoms with Crippen LogP contribution >= 0.6 is 0 Å². The highest BCUT2D eigenvalue weighted by Gasteiger charge is 2.27. The van der Waals surface area contributed by atoms with Crippen LogP contribution in [0.2, 0.25) is 0 Å². The van der Waals surface area contributed by atoms with Crippen LogP contribution < -0.4 is 10.1 Å². The van der Waals surface area contributed by atoms with Crippen LogP contribution in [-0.4, -0.2) is 35.9 Å². The van der Waals surface area contributed by atoms with Crippen LogP contribution in [0, 0.1) is 5.82 Å². The zero-order valence-corrected chi connectivity index (χ0v) is 18.5. The van der Waals surface area contributed by atoms with Crippen molar-refractivity contribution in [2.45, 2.75) is 39.3 Å². The molecule has 0 heterocycles. The molecule has 3 aromatic carbocycles. The summed E-state index contributed by atoms with van der Waals surface area (Å²) in [6.45, 7) is 3.95. The van der Waals surface area contributed by atoms with Gasteiger partial charge in [0.1, 0.15) is 17.6 Å². The zero-order valence-electron chi connectivity index (χ0n) is 18.5. The number of nitrogens with one attached hydrogen (secondary N) is 1. The highest BCUT2D eigenvalue weighted by atomic mass is 19.1. The van der Waals surface area contributed by atoms with Gasteiger partial charge in [-0.25, -0.2) is 4.39 Å². The molecule has 0 aliphatic rings. The minimum absolute atomic E-state index is 0.0211. The molecular weight excluding hydrogens is 407 g/mol. The third-order valence-corrected chi connectivity index (χ3v) is 5.40. The molecule has 0 aromatic heterocycles. The molecule has 0 spiro atoms. The van der Waals surface area contributed by atoms with Gasteiger partial charge in [0, 0.05) is 24.0 Å². The molecule has 0 radical (unpaired) electrons. The number of ether oxygens (including phenoxy) is 1. The normalized spacial score (nSPS) is 11.7. The average Bonchev–Trinajstić information content (AvgIpc) is 2.81. The third kappa shape index (κ3) is 5.84. The van der Waals surface area contributed by atoms with E-state index in [9.17, 15) is 14.0 Å². The number of nitrogens with zero attached hydrogens (tertiary/aromatic N) is 1. The van der Waals surface area contributed by atoms with Gasteiger partial charge in [-0.2, -0.15) is 0 Å². The lowest BCUT2D eigenvalue weighted by Gasteiger charge is -2.29. The van der Waals surface area contributed by atoms with E-state index < -0.39 is 11.9 Å². The molecule has 0 aliphatic heterocycles. The topological polar surface area (TPSA) is 58.6 Å². The maximum Gasteiger partial charge on any atom is 0.261 e. The Kier molecular flexibility index (Phi) is 8.20. The van der Waals surface area contributed by atoms with Crippen molar-refractivity contribution in [1.82, 2.24) is 10.2 Å². The van der Waals surface area contributed by atoms with Crippen molar-refractivity contribution in [2.24, 2.45) is 0 Å². The lowest BCUT2D eigenvalue weighted by Crippen LogP contribution is -2.49. The molecule has 0 fully saturated rings. The number of halogens is 1. The van der Waals surface area contributed by atoms with Crippen molar-refractivity contribution in [2.75, 3.05) is 13.2 Å². The van der Waals surface area contributed by atoms with E-state index in [4.69, 9.17) is 4.74 Å². The predicted octanol–water partition coefficient (Wildman–Crippen LogP) is 4.69. The number of hydrogen-bond donors (Lipinski definition) is 1. The molecule has 0 unspecified atom stereocenters. The molecule has 1 atom stereocenters. The Labute approximate surface area is 188 Å². The Balaban J connectivity index is 1.77. The largest absolute Gasteiger partial charge is 0.483 e. The molecule has 1 N–H and O–H groups in total. The van der Waals surface area contributed by atoms with Crippen molar-refractivity contribution in [3.05, 3.63) is 78.1 Å². The van der Waals surface area contributed by atoms with Gasteiger partial charge in [0.2, 0.25) is 5.91 Å². The van der Waals surface area contributed by atoms with Crippen LogP contribution in [0.25, 0.3) is 10.8 Å². The van der Waals surface area contributed by atoms with Gasteiger partial charge in [-0.05, 0) is 30.9 Å². The zero-order chi connectivity index (χ0) is 22.9. The first-order chi connectivity index (χ1) is 15.5. The average molecular weight is 437 g/mol. The van der Waals surface area contributed by atoms with E-state index in [1.54, 1.807) is 31.2 Å². The number of carbonyl (C=O) groups is 2. The summed E-state index contributed by atoms with van der Waals surface area (Å²) in [6, 6.07) is 18.9. The van der Waals surface area contributed by atoms with Gasteiger partial charge in [-0.1, -0.05) is 67.9 Å². The van der Waals surface area contributed by atoms with Crippen LogP contribution in [0.3, 0.4) is 0 Å². The summed E-state index contributed by atoms with van der Waals surface area (Å²) in [5, 5.41) is 4.75. The third-order valence-electron chi connectivity index (χ3n) is 5.40. The molecule has 168 valence electrons. The van der Waals surface area contributed by atoms with Crippen LogP contribution in [0.1, 0.15) is 32.3 Å². The summed E-state index contributed by atoms with van der Waals surface area (Å²) < 4.78 is 20.1. The van der Waals surface area contributed by atoms with Gasteiger partial charge in [-0.3, -0.25) is 9.59 Å². The van der Waals surface area contributed by atoms with Gasteiger partial charge in [-0.15, -0.1) is 0 Å². The minimum atomic E-state index is -0.768. The van der Waals surface area contributed by atoms with Gasteiger partial charge in [0.15, 0.2) is 6.61 Å². The second-order valence-electron chi connectivity index (χ2n) is 7.70. The molecule has 3 rings (SSSR count). The quantitative estimate of drug-likeness (QED) is 0.469. The van der Waals surface area contributed by atoms with Gasteiger partial charge >= 0.3 is 0 Å². The lowest BCUT2D eigenvalue weighted by molar-refractivity contribution is -0.142. The van der Waals surface area contributed by atoms with E-state index in [-0.39, 0.29) is 25.0 Å². The number of carbonyl (C=O) groups excluding carboxylic acids is 2.